The van der Waals surface area contributed by atoms with E-state index in [4.69, 9.17) is 14.2 Å². The van der Waals surface area contributed by atoms with Gasteiger partial charge in [0.05, 0.1) is 25.8 Å². The summed E-state index contributed by atoms with van der Waals surface area (Å²) < 4.78 is 16.1. The monoisotopic (exact) mass is 403 g/mol. The van der Waals surface area contributed by atoms with Gasteiger partial charge in [0.2, 0.25) is 0 Å². The normalized spacial score (nSPS) is 16.1. The van der Waals surface area contributed by atoms with Crippen LogP contribution in [0, 0.1) is 13.8 Å². The third kappa shape index (κ3) is 4.14. The molecule has 0 N–H and O–H groups in total. The minimum absolute atomic E-state index is 0.124. The molecule has 1 saturated heterocycles. The number of likely N-dealkylation sites (tertiary alicyclic amines) is 1. The van der Waals surface area contributed by atoms with E-state index in [0.29, 0.717) is 23.6 Å². The van der Waals surface area contributed by atoms with Gasteiger partial charge in [-0.05, 0) is 51.0 Å². The van der Waals surface area contributed by atoms with E-state index in [-0.39, 0.29) is 18.6 Å². The van der Waals surface area contributed by atoms with Gasteiger partial charge in [-0.25, -0.2) is 4.79 Å². The van der Waals surface area contributed by atoms with Gasteiger partial charge in [0.15, 0.2) is 6.61 Å². The zero-order chi connectivity index (χ0) is 20.3. The summed E-state index contributed by atoms with van der Waals surface area (Å²) in [5.74, 6) is 0.770. The van der Waals surface area contributed by atoms with Crippen molar-refractivity contribution in [3.8, 4) is 11.5 Å². The summed E-state index contributed by atoms with van der Waals surface area (Å²) >= 11 is 1.54. The zero-order valence-electron chi connectivity index (χ0n) is 16.6. The molecule has 1 aliphatic heterocycles. The Morgan fingerprint density at radius 3 is 2.61 bits per heavy atom. The van der Waals surface area contributed by atoms with Crippen LogP contribution in [0.5, 0.6) is 11.5 Å². The summed E-state index contributed by atoms with van der Waals surface area (Å²) in [6, 6.07) is 7.25. The summed E-state index contributed by atoms with van der Waals surface area (Å²) in [6.45, 7) is 4.17. The highest BCUT2D eigenvalue weighted by Gasteiger charge is 2.32. The first-order chi connectivity index (χ1) is 13.4. The number of rotatable bonds is 6. The standard InChI is InChI=1S/C21H25NO5S/c1-13-10-16(14(2)28-13)21(24)27-12-20(23)22-9-5-6-18(22)17-11-15(25-3)7-8-19(17)26-4/h7-8,10-11,18H,5-6,9,12H2,1-4H3/t18-/m0/s1. The second-order valence-electron chi connectivity index (χ2n) is 6.76. The summed E-state index contributed by atoms with van der Waals surface area (Å²) in [7, 11) is 3.22. The molecule has 1 fully saturated rings. The lowest BCUT2D eigenvalue weighted by Crippen LogP contribution is -2.34. The lowest BCUT2D eigenvalue weighted by Gasteiger charge is -2.26. The minimum Gasteiger partial charge on any atom is -0.497 e. The third-order valence-electron chi connectivity index (χ3n) is 4.96. The van der Waals surface area contributed by atoms with Crippen molar-refractivity contribution in [1.82, 2.24) is 4.90 Å². The van der Waals surface area contributed by atoms with Crippen LogP contribution in [0.4, 0.5) is 0 Å². The van der Waals surface area contributed by atoms with Crippen LogP contribution in [-0.2, 0) is 9.53 Å². The highest BCUT2D eigenvalue weighted by atomic mass is 32.1. The lowest BCUT2D eigenvalue weighted by molar-refractivity contribution is -0.135. The number of esters is 1. The average Bonchev–Trinajstić information content (AvgIpc) is 3.31. The largest absolute Gasteiger partial charge is 0.497 e. The van der Waals surface area contributed by atoms with E-state index in [9.17, 15) is 9.59 Å². The molecule has 1 amide bonds. The molecule has 3 rings (SSSR count). The van der Waals surface area contributed by atoms with Crippen LogP contribution >= 0.6 is 11.3 Å². The van der Waals surface area contributed by atoms with Crippen molar-refractivity contribution in [2.24, 2.45) is 0 Å². The quantitative estimate of drug-likeness (QED) is 0.685. The Labute approximate surface area is 169 Å². The van der Waals surface area contributed by atoms with Gasteiger partial charge in [-0.15, -0.1) is 11.3 Å². The van der Waals surface area contributed by atoms with Crippen molar-refractivity contribution >= 4 is 23.2 Å². The number of aryl methyl sites for hydroxylation is 2. The van der Waals surface area contributed by atoms with E-state index >= 15 is 0 Å². The maximum atomic E-state index is 12.8. The SMILES string of the molecule is COc1ccc(OC)c([C@@H]2CCCN2C(=O)COC(=O)c2cc(C)sc2C)c1. The molecular weight excluding hydrogens is 378 g/mol. The molecule has 2 aromatic rings. The van der Waals surface area contributed by atoms with Crippen LogP contribution in [0.15, 0.2) is 24.3 Å². The molecule has 0 aliphatic carbocycles. The molecule has 0 unspecified atom stereocenters. The van der Waals surface area contributed by atoms with Gasteiger partial charge < -0.3 is 19.1 Å². The highest BCUT2D eigenvalue weighted by Crippen LogP contribution is 2.39. The van der Waals surface area contributed by atoms with Crippen LogP contribution < -0.4 is 9.47 Å². The predicted molar refractivity (Wildman–Crippen MR) is 107 cm³/mol. The van der Waals surface area contributed by atoms with Gasteiger partial charge >= 0.3 is 5.97 Å². The minimum atomic E-state index is -0.454. The molecule has 1 aromatic carbocycles. The molecule has 7 heteroatoms. The first-order valence-corrected chi connectivity index (χ1v) is 10.0. The van der Waals surface area contributed by atoms with Crippen molar-refractivity contribution in [1.29, 1.82) is 0 Å². The van der Waals surface area contributed by atoms with Crippen molar-refractivity contribution in [3.63, 3.8) is 0 Å². The summed E-state index contributed by atoms with van der Waals surface area (Å²) in [6.07, 6.45) is 1.71. The molecule has 0 bridgehead atoms. The molecule has 0 saturated carbocycles. The molecule has 6 nitrogen and oxygen atoms in total. The van der Waals surface area contributed by atoms with Crippen LogP contribution in [-0.4, -0.2) is 44.1 Å². The number of hydrogen-bond acceptors (Lipinski definition) is 6. The molecule has 1 aliphatic rings. The van der Waals surface area contributed by atoms with Crippen LogP contribution in [0.2, 0.25) is 0 Å². The first kappa shape index (κ1) is 20.2. The molecule has 1 aromatic heterocycles. The Bertz CT molecular complexity index is 876. The maximum absolute atomic E-state index is 12.8. The Hall–Kier alpha value is -2.54. The van der Waals surface area contributed by atoms with Crippen molar-refractivity contribution in [2.75, 3.05) is 27.4 Å². The number of nitrogens with zero attached hydrogens (tertiary/aromatic N) is 1. The van der Waals surface area contributed by atoms with E-state index < -0.39 is 5.97 Å². The van der Waals surface area contributed by atoms with E-state index in [2.05, 4.69) is 0 Å². The second-order valence-corrected chi connectivity index (χ2v) is 8.22. The molecule has 0 radical (unpaired) electrons. The molecule has 0 spiro atoms. The number of amides is 1. The fourth-order valence-corrected chi connectivity index (χ4v) is 4.52. The molecule has 28 heavy (non-hydrogen) atoms. The Morgan fingerprint density at radius 1 is 1.18 bits per heavy atom. The zero-order valence-corrected chi connectivity index (χ0v) is 17.4. The fourth-order valence-electron chi connectivity index (χ4n) is 3.61. The molecule has 2 heterocycles. The lowest BCUT2D eigenvalue weighted by atomic mass is 10.0. The predicted octanol–water partition coefficient (Wildman–Crippen LogP) is 3.90. The van der Waals surface area contributed by atoms with Crippen molar-refractivity contribution in [2.45, 2.75) is 32.7 Å². The van der Waals surface area contributed by atoms with Gasteiger partial charge in [-0.3, -0.25) is 4.79 Å². The van der Waals surface area contributed by atoms with Gasteiger partial charge in [0, 0.05) is 21.9 Å². The van der Waals surface area contributed by atoms with E-state index in [0.717, 1.165) is 28.2 Å². The number of carbonyl (C=O) groups is 2. The van der Waals surface area contributed by atoms with Gasteiger partial charge in [-0.2, -0.15) is 0 Å². The fraction of sp³-hybridized carbons (Fsp3) is 0.429. The summed E-state index contributed by atoms with van der Waals surface area (Å²) in [4.78, 5) is 28.8. The smallest absolute Gasteiger partial charge is 0.339 e. The molecule has 150 valence electrons. The Morgan fingerprint density at radius 2 is 1.96 bits per heavy atom. The number of thiophene rings is 1. The Kier molecular flexibility index (Phi) is 6.24. The van der Waals surface area contributed by atoms with Gasteiger partial charge in [-0.1, -0.05) is 0 Å². The molecule has 1 atom stereocenters. The summed E-state index contributed by atoms with van der Waals surface area (Å²) in [5, 5.41) is 0. The number of benzene rings is 1. The van der Waals surface area contributed by atoms with Crippen LogP contribution in [0.25, 0.3) is 0 Å². The van der Waals surface area contributed by atoms with Gasteiger partial charge in [0.25, 0.3) is 5.91 Å². The third-order valence-corrected chi connectivity index (χ3v) is 5.92. The second kappa shape index (κ2) is 8.65. The van der Waals surface area contributed by atoms with Crippen molar-refractivity contribution in [3.05, 3.63) is 45.1 Å². The van der Waals surface area contributed by atoms with Crippen LogP contribution in [0.3, 0.4) is 0 Å². The van der Waals surface area contributed by atoms with E-state index in [1.54, 1.807) is 36.5 Å². The number of ether oxygens (including phenoxy) is 3. The van der Waals surface area contributed by atoms with Crippen molar-refractivity contribution < 1.29 is 23.8 Å². The van der Waals surface area contributed by atoms with E-state index in [1.165, 1.54) is 0 Å². The highest BCUT2D eigenvalue weighted by molar-refractivity contribution is 7.12. The first-order valence-electron chi connectivity index (χ1n) is 9.20. The number of hydrogen-bond donors (Lipinski definition) is 0. The van der Waals surface area contributed by atoms with E-state index in [1.807, 2.05) is 32.0 Å². The Balaban J connectivity index is 1.71. The maximum Gasteiger partial charge on any atom is 0.339 e. The summed E-state index contributed by atoms with van der Waals surface area (Å²) in [5.41, 5.74) is 1.44. The number of carbonyl (C=O) groups excluding carboxylic acids is 2. The number of methoxy groups -OCH3 is 2. The molecular formula is C21H25NO5S. The average molecular weight is 404 g/mol. The van der Waals surface area contributed by atoms with Crippen LogP contribution in [0.1, 0.15) is 44.6 Å². The topological polar surface area (TPSA) is 65.1 Å². The van der Waals surface area contributed by atoms with Gasteiger partial charge in [0.1, 0.15) is 11.5 Å².